The number of hydrogen-bond acceptors (Lipinski definition) is 5. The molecule has 3 rings (SSSR count). The highest BCUT2D eigenvalue weighted by atomic mass is 16.5. The van der Waals surface area contributed by atoms with Gasteiger partial charge in [0.05, 0.1) is 5.41 Å². The van der Waals surface area contributed by atoms with Crippen LogP contribution in [0.5, 0.6) is 0 Å². The van der Waals surface area contributed by atoms with Crippen LogP contribution >= 0.6 is 0 Å². The summed E-state index contributed by atoms with van der Waals surface area (Å²) in [6, 6.07) is 0. The van der Waals surface area contributed by atoms with Crippen molar-refractivity contribution < 1.29 is 4.52 Å². The van der Waals surface area contributed by atoms with E-state index in [0.29, 0.717) is 0 Å². The Labute approximate surface area is 102 Å². The number of anilines is 1. The molecule has 17 heavy (non-hydrogen) atoms. The summed E-state index contributed by atoms with van der Waals surface area (Å²) in [7, 11) is 0. The molecule has 94 valence electrons. The van der Waals surface area contributed by atoms with E-state index >= 15 is 0 Å². The zero-order chi connectivity index (χ0) is 11.7. The highest BCUT2D eigenvalue weighted by Crippen LogP contribution is 2.30. The number of piperidine rings is 1. The number of rotatable bonds is 2. The molecule has 2 aliphatic rings. The maximum absolute atomic E-state index is 5.46. The first-order valence-corrected chi connectivity index (χ1v) is 6.58. The fraction of sp³-hybridized carbons (Fsp3) is 0.833. The predicted molar refractivity (Wildman–Crippen MR) is 65.2 cm³/mol. The van der Waals surface area contributed by atoms with E-state index < -0.39 is 0 Å². The second-order valence-corrected chi connectivity index (χ2v) is 5.43. The highest BCUT2D eigenvalue weighted by Gasteiger charge is 2.36. The fourth-order valence-electron chi connectivity index (χ4n) is 2.68. The van der Waals surface area contributed by atoms with Crippen molar-refractivity contribution in [3.63, 3.8) is 0 Å². The SMILES string of the molecule is CC1(c2nc(N3CCCCC3)no2)CCNC1. The lowest BCUT2D eigenvalue weighted by Crippen LogP contribution is -2.30. The summed E-state index contributed by atoms with van der Waals surface area (Å²) in [5, 5.41) is 7.50. The van der Waals surface area contributed by atoms with Gasteiger partial charge in [0.25, 0.3) is 5.95 Å². The number of aromatic nitrogens is 2. The van der Waals surface area contributed by atoms with Crippen LogP contribution in [0.3, 0.4) is 0 Å². The predicted octanol–water partition coefficient (Wildman–Crippen LogP) is 1.31. The molecule has 5 heteroatoms. The van der Waals surface area contributed by atoms with Crippen molar-refractivity contribution in [1.29, 1.82) is 0 Å². The van der Waals surface area contributed by atoms with Gasteiger partial charge in [-0.25, -0.2) is 0 Å². The molecule has 1 N–H and O–H groups in total. The molecule has 0 spiro atoms. The zero-order valence-corrected chi connectivity index (χ0v) is 10.4. The molecular weight excluding hydrogens is 216 g/mol. The van der Waals surface area contributed by atoms with Gasteiger partial charge in [0.1, 0.15) is 0 Å². The van der Waals surface area contributed by atoms with Crippen LogP contribution in [0.4, 0.5) is 5.95 Å². The van der Waals surface area contributed by atoms with Crippen LogP contribution in [0.15, 0.2) is 4.52 Å². The smallest absolute Gasteiger partial charge is 0.266 e. The summed E-state index contributed by atoms with van der Waals surface area (Å²) in [6.45, 7) is 6.30. The van der Waals surface area contributed by atoms with Crippen molar-refractivity contribution in [2.45, 2.75) is 38.0 Å². The topological polar surface area (TPSA) is 54.2 Å². The van der Waals surface area contributed by atoms with Gasteiger partial charge >= 0.3 is 0 Å². The second kappa shape index (κ2) is 4.29. The summed E-state index contributed by atoms with van der Waals surface area (Å²) >= 11 is 0. The molecule has 0 amide bonds. The molecule has 1 aromatic rings. The van der Waals surface area contributed by atoms with Gasteiger partial charge in [-0.2, -0.15) is 4.98 Å². The van der Waals surface area contributed by atoms with Gasteiger partial charge in [0.2, 0.25) is 5.89 Å². The molecule has 1 aromatic heterocycles. The Balaban J connectivity index is 1.77. The van der Waals surface area contributed by atoms with E-state index in [1.165, 1.54) is 19.3 Å². The van der Waals surface area contributed by atoms with E-state index in [1.54, 1.807) is 0 Å². The lowest BCUT2D eigenvalue weighted by molar-refractivity contribution is 0.306. The molecular formula is C12H20N4O. The highest BCUT2D eigenvalue weighted by molar-refractivity contribution is 5.29. The van der Waals surface area contributed by atoms with Gasteiger partial charge in [-0.3, -0.25) is 0 Å². The first kappa shape index (κ1) is 11.0. The lowest BCUT2D eigenvalue weighted by Gasteiger charge is -2.24. The van der Waals surface area contributed by atoms with Gasteiger partial charge in [-0.1, -0.05) is 0 Å². The van der Waals surface area contributed by atoms with Crippen LogP contribution in [-0.2, 0) is 5.41 Å². The third-order valence-electron chi connectivity index (χ3n) is 3.94. The van der Waals surface area contributed by atoms with Crippen LogP contribution < -0.4 is 10.2 Å². The summed E-state index contributed by atoms with van der Waals surface area (Å²) < 4.78 is 5.46. The molecule has 0 saturated carbocycles. The molecule has 2 saturated heterocycles. The molecule has 0 bridgehead atoms. The third kappa shape index (κ3) is 2.04. The zero-order valence-electron chi connectivity index (χ0n) is 10.4. The Hall–Kier alpha value is -1.10. The summed E-state index contributed by atoms with van der Waals surface area (Å²) in [5.74, 6) is 1.58. The molecule has 0 radical (unpaired) electrons. The van der Waals surface area contributed by atoms with E-state index in [9.17, 15) is 0 Å². The van der Waals surface area contributed by atoms with Crippen LogP contribution in [0.1, 0.15) is 38.5 Å². The van der Waals surface area contributed by atoms with Crippen molar-refractivity contribution >= 4 is 5.95 Å². The second-order valence-electron chi connectivity index (χ2n) is 5.43. The van der Waals surface area contributed by atoms with Crippen molar-refractivity contribution in [3.8, 4) is 0 Å². The van der Waals surface area contributed by atoms with Gasteiger partial charge in [0.15, 0.2) is 0 Å². The summed E-state index contributed by atoms with van der Waals surface area (Å²) in [5.41, 5.74) is 0.0288. The molecule has 0 aliphatic carbocycles. The molecule has 2 fully saturated rings. The molecule has 2 aliphatic heterocycles. The Bertz CT molecular complexity index is 378. The van der Waals surface area contributed by atoms with Crippen molar-refractivity contribution in [3.05, 3.63) is 5.89 Å². The number of nitrogens with zero attached hydrogens (tertiary/aromatic N) is 3. The third-order valence-corrected chi connectivity index (χ3v) is 3.94. The van der Waals surface area contributed by atoms with E-state index in [0.717, 1.165) is 44.4 Å². The number of hydrogen-bond donors (Lipinski definition) is 1. The minimum absolute atomic E-state index is 0.0288. The molecule has 1 atom stereocenters. The van der Waals surface area contributed by atoms with Crippen LogP contribution in [0.25, 0.3) is 0 Å². The maximum atomic E-state index is 5.46. The van der Waals surface area contributed by atoms with Crippen molar-refractivity contribution in [1.82, 2.24) is 15.5 Å². The van der Waals surface area contributed by atoms with Crippen LogP contribution in [0.2, 0.25) is 0 Å². The molecule has 3 heterocycles. The summed E-state index contributed by atoms with van der Waals surface area (Å²) in [4.78, 5) is 6.83. The van der Waals surface area contributed by atoms with E-state index in [4.69, 9.17) is 4.52 Å². The minimum Gasteiger partial charge on any atom is -0.338 e. The largest absolute Gasteiger partial charge is 0.338 e. The van der Waals surface area contributed by atoms with E-state index in [-0.39, 0.29) is 5.41 Å². The van der Waals surface area contributed by atoms with E-state index in [2.05, 4.69) is 27.3 Å². The Kier molecular flexibility index (Phi) is 2.78. The number of nitrogens with one attached hydrogen (secondary N) is 1. The Morgan fingerprint density at radius 2 is 2.12 bits per heavy atom. The first-order valence-electron chi connectivity index (χ1n) is 6.58. The standard InChI is InChI=1S/C12H20N4O/c1-12(5-6-13-9-12)10-14-11(15-17-10)16-7-3-2-4-8-16/h13H,2-9H2,1H3. The average Bonchev–Trinajstić information content (AvgIpc) is 2.99. The maximum Gasteiger partial charge on any atom is 0.266 e. The Morgan fingerprint density at radius 3 is 2.82 bits per heavy atom. The molecule has 0 aromatic carbocycles. The first-order chi connectivity index (χ1) is 8.28. The Morgan fingerprint density at radius 1 is 1.29 bits per heavy atom. The van der Waals surface area contributed by atoms with Crippen molar-refractivity contribution in [2.24, 2.45) is 0 Å². The van der Waals surface area contributed by atoms with Crippen molar-refractivity contribution in [2.75, 3.05) is 31.1 Å². The quantitative estimate of drug-likeness (QED) is 0.839. The minimum atomic E-state index is 0.0288. The fourth-order valence-corrected chi connectivity index (χ4v) is 2.68. The monoisotopic (exact) mass is 236 g/mol. The van der Waals surface area contributed by atoms with Crippen LogP contribution in [-0.4, -0.2) is 36.3 Å². The van der Waals surface area contributed by atoms with Crippen LogP contribution in [0, 0.1) is 0 Å². The van der Waals surface area contributed by atoms with Gasteiger partial charge in [0, 0.05) is 19.6 Å². The normalized spacial score (nSPS) is 29.8. The molecule has 5 nitrogen and oxygen atoms in total. The average molecular weight is 236 g/mol. The summed E-state index contributed by atoms with van der Waals surface area (Å²) in [6.07, 6.45) is 4.88. The van der Waals surface area contributed by atoms with Gasteiger partial charge in [-0.15, -0.1) is 0 Å². The van der Waals surface area contributed by atoms with E-state index in [1.807, 2.05) is 0 Å². The lowest BCUT2D eigenvalue weighted by atomic mass is 9.90. The molecule has 1 unspecified atom stereocenters. The van der Waals surface area contributed by atoms with Gasteiger partial charge < -0.3 is 14.7 Å². The van der Waals surface area contributed by atoms with Gasteiger partial charge in [-0.05, 0) is 44.3 Å².